The van der Waals surface area contributed by atoms with E-state index >= 15 is 0 Å². The van der Waals surface area contributed by atoms with Gasteiger partial charge in [0.15, 0.2) is 0 Å². The van der Waals surface area contributed by atoms with Gasteiger partial charge in [-0.15, -0.1) is 6.58 Å². The van der Waals surface area contributed by atoms with E-state index in [1.807, 2.05) is 38.1 Å². The zero-order chi connectivity index (χ0) is 17.2. The van der Waals surface area contributed by atoms with Crippen molar-refractivity contribution in [1.29, 1.82) is 5.26 Å². The summed E-state index contributed by atoms with van der Waals surface area (Å²) < 4.78 is 0. The average molecular weight is 324 g/mol. The van der Waals surface area contributed by atoms with Gasteiger partial charge in [-0.1, -0.05) is 41.9 Å². The van der Waals surface area contributed by atoms with Gasteiger partial charge in [-0.2, -0.15) is 5.26 Å². The van der Waals surface area contributed by atoms with Gasteiger partial charge >= 0.3 is 0 Å². The molecule has 2 heteroatoms. The Kier molecular flexibility index (Phi) is 4.97. The lowest BCUT2D eigenvalue weighted by molar-refractivity contribution is 0.689. The fourth-order valence-corrected chi connectivity index (χ4v) is 3.13. The first-order chi connectivity index (χ1) is 10.8. The molecule has 1 nitrogen and oxygen atoms in total. The lowest BCUT2D eigenvalue weighted by atomic mass is 9.80. The standard InChI is InChI=1S/C21H22ClN/c1-6-8-16-12-17(11-14(2)15(16)3)20-18(21(4,5)13-23)9-7-10-19(20)22/h6-7,9-12H,1,8H2,2-5H3. The highest BCUT2D eigenvalue weighted by Crippen LogP contribution is 2.39. The number of halogens is 1. The third-order valence-corrected chi connectivity index (χ3v) is 4.71. The van der Waals surface area contributed by atoms with Crippen molar-refractivity contribution in [1.82, 2.24) is 0 Å². The van der Waals surface area contributed by atoms with Crippen molar-refractivity contribution in [2.24, 2.45) is 0 Å². The highest BCUT2D eigenvalue weighted by molar-refractivity contribution is 6.33. The molecule has 0 N–H and O–H groups in total. The number of rotatable bonds is 4. The van der Waals surface area contributed by atoms with Crippen molar-refractivity contribution in [3.8, 4) is 17.2 Å². The van der Waals surface area contributed by atoms with Gasteiger partial charge in [0.1, 0.15) is 0 Å². The largest absolute Gasteiger partial charge is 0.197 e. The number of hydrogen-bond donors (Lipinski definition) is 0. The summed E-state index contributed by atoms with van der Waals surface area (Å²) in [6.45, 7) is 11.9. The van der Waals surface area contributed by atoms with Gasteiger partial charge in [-0.3, -0.25) is 0 Å². The van der Waals surface area contributed by atoms with Gasteiger partial charge in [0.25, 0.3) is 0 Å². The van der Waals surface area contributed by atoms with Gasteiger partial charge in [-0.05, 0) is 68.0 Å². The minimum absolute atomic E-state index is 0.600. The Bertz CT molecular complexity index is 794. The van der Waals surface area contributed by atoms with Crippen LogP contribution in [0.2, 0.25) is 5.02 Å². The van der Waals surface area contributed by atoms with Crippen molar-refractivity contribution in [2.75, 3.05) is 0 Å². The zero-order valence-electron chi connectivity index (χ0n) is 14.2. The molecule has 0 saturated carbocycles. The van der Waals surface area contributed by atoms with Crippen LogP contribution in [0.3, 0.4) is 0 Å². The van der Waals surface area contributed by atoms with Crippen LogP contribution >= 0.6 is 11.6 Å². The second kappa shape index (κ2) is 6.60. The predicted octanol–water partition coefficient (Wildman–Crippen LogP) is 6.15. The Hall–Kier alpha value is -2.04. The fraction of sp³-hybridized carbons (Fsp3) is 0.286. The maximum Gasteiger partial charge on any atom is 0.0772 e. The lowest BCUT2D eigenvalue weighted by Gasteiger charge is -2.22. The van der Waals surface area contributed by atoms with Crippen LogP contribution < -0.4 is 0 Å². The second-order valence-corrected chi connectivity index (χ2v) is 6.88. The quantitative estimate of drug-likeness (QED) is 0.619. The van der Waals surface area contributed by atoms with E-state index < -0.39 is 5.41 Å². The van der Waals surface area contributed by atoms with Crippen LogP contribution in [-0.2, 0) is 11.8 Å². The summed E-state index contributed by atoms with van der Waals surface area (Å²) in [5.74, 6) is 0. The molecule has 0 fully saturated rings. The van der Waals surface area contributed by atoms with Gasteiger partial charge in [-0.25, -0.2) is 0 Å². The second-order valence-electron chi connectivity index (χ2n) is 6.47. The van der Waals surface area contributed by atoms with Gasteiger partial charge in [0.2, 0.25) is 0 Å². The molecule has 23 heavy (non-hydrogen) atoms. The normalized spacial score (nSPS) is 11.1. The Balaban J connectivity index is 2.78. The molecule has 2 rings (SSSR count). The number of benzene rings is 2. The molecule has 2 aromatic rings. The van der Waals surface area contributed by atoms with Gasteiger partial charge in [0, 0.05) is 10.6 Å². The van der Waals surface area contributed by atoms with Crippen LogP contribution in [0, 0.1) is 25.2 Å². The third-order valence-electron chi connectivity index (χ3n) is 4.39. The minimum atomic E-state index is -0.600. The molecule has 118 valence electrons. The van der Waals surface area contributed by atoms with E-state index in [-0.39, 0.29) is 0 Å². The third kappa shape index (κ3) is 3.33. The summed E-state index contributed by atoms with van der Waals surface area (Å²) in [7, 11) is 0. The summed E-state index contributed by atoms with van der Waals surface area (Å²) in [5, 5.41) is 10.2. The molecule has 2 aromatic carbocycles. The van der Waals surface area contributed by atoms with Crippen molar-refractivity contribution in [3.63, 3.8) is 0 Å². The molecule has 0 amide bonds. The molecule has 0 atom stereocenters. The summed E-state index contributed by atoms with van der Waals surface area (Å²) >= 11 is 6.52. The van der Waals surface area contributed by atoms with Crippen LogP contribution in [0.25, 0.3) is 11.1 Å². The first-order valence-corrected chi connectivity index (χ1v) is 8.11. The topological polar surface area (TPSA) is 23.8 Å². The average Bonchev–Trinajstić information content (AvgIpc) is 2.51. The van der Waals surface area contributed by atoms with E-state index in [1.165, 1.54) is 16.7 Å². The van der Waals surface area contributed by atoms with Crippen LogP contribution in [-0.4, -0.2) is 0 Å². The monoisotopic (exact) mass is 323 g/mol. The summed E-state index contributed by atoms with van der Waals surface area (Å²) in [5.41, 5.74) is 6.12. The molecule has 0 aliphatic rings. The van der Waals surface area contributed by atoms with Crippen molar-refractivity contribution in [2.45, 2.75) is 39.5 Å². The predicted molar refractivity (Wildman–Crippen MR) is 98.9 cm³/mol. The first-order valence-electron chi connectivity index (χ1n) is 7.73. The highest BCUT2D eigenvalue weighted by Gasteiger charge is 2.25. The molecule has 0 aliphatic heterocycles. The molecule has 0 aliphatic carbocycles. The van der Waals surface area contributed by atoms with Crippen LogP contribution in [0.15, 0.2) is 43.0 Å². The molecule has 0 heterocycles. The SMILES string of the molecule is C=CCc1cc(-c2c(Cl)cccc2C(C)(C)C#N)cc(C)c1C. The number of hydrogen-bond acceptors (Lipinski definition) is 1. The Morgan fingerprint density at radius 3 is 2.57 bits per heavy atom. The maximum atomic E-state index is 9.54. The fourth-order valence-electron chi connectivity index (χ4n) is 2.84. The van der Waals surface area contributed by atoms with Crippen LogP contribution in [0.5, 0.6) is 0 Å². The van der Waals surface area contributed by atoms with Crippen molar-refractivity contribution in [3.05, 3.63) is 70.3 Å². The molecule has 0 radical (unpaired) electrons. The summed E-state index contributed by atoms with van der Waals surface area (Å²) in [6, 6.07) is 12.5. The first kappa shape index (κ1) is 17.3. The molecule has 0 aromatic heterocycles. The molecular formula is C21H22ClN. The van der Waals surface area contributed by atoms with E-state index in [0.29, 0.717) is 5.02 Å². The zero-order valence-corrected chi connectivity index (χ0v) is 15.0. The molecular weight excluding hydrogens is 302 g/mol. The molecule has 0 unspecified atom stereocenters. The van der Waals surface area contributed by atoms with E-state index in [4.69, 9.17) is 11.6 Å². The van der Waals surface area contributed by atoms with E-state index in [0.717, 1.165) is 23.1 Å². The van der Waals surface area contributed by atoms with E-state index in [9.17, 15) is 5.26 Å². The summed E-state index contributed by atoms with van der Waals surface area (Å²) in [6.07, 6.45) is 2.74. The van der Waals surface area contributed by atoms with Crippen LogP contribution in [0.4, 0.5) is 0 Å². The number of allylic oxidation sites excluding steroid dienone is 1. The Labute approximate surface area is 144 Å². The smallest absolute Gasteiger partial charge is 0.0772 e. The Morgan fingerprint density at radius 1 is 1.26 bits per heavy atom. The Morgan fingerprint density at radius 2 is 1.96 bits per heavy atom. The van der Waals surface area contributed by atoms with Gasteiger partial charge < -0.3 is 0 Å². The number of nitriles is 1. The maximum absolute atomic E-state index is 9.54. The van der Waals surface area contributed by atoms with Crippen molar-refractivity contribution < 1.29 is 0 Å². The number of aryl methyl sites for hydroxylation is 1. The molecule has 0 spiro atoms. The summed E-state index contributed by atoms with van der Waals surface area (Å²) in [4.78, 5) is 0. The van der Waals surface area contributed by atoms with E-state index in [2.05, 4.69) is 38.6 Å². The van der Waals surface area contributed by atoms with Gasteiger partial charge in [0.05, 0.1) is 11.5 Å². The molecule has 0 bridgehead atoms. The lowest BCUT2D eigenvalue weighted by Crippen LogP contribution is -2.15. The highest BCUT2D eigenvalue weighted by atomic mass is 35.5. The minimum Gasteiger partial charge on any atom is -0.197 e. The number of nitrogens with zero attached hydrogens (tertiary/aromatic N) is 1. The van der Waals surface area contributed by atoms with Crippen molar-refractivity contribution >= 4 is 11.6 Å². The van der Waals surface area contributed by atoms with E-state index in [1.54, 1.807) is 0 Å². The molecule has 0 saturated heterocycles. The van der Waals surface area contributed by atoms with Crippen LogP contribution in [0.1, 0.15) is 36.1 Å².